The summed E-state index contributed by atoms with van der Waals surface area (Å²) in [4.78, 5) is 17.0. The van der Waals surface area contributed by atoms with E-state index in [-0.39, 0.29) is 11.0 Å². The quantitative estimate of drug-likeness (QED) is 0.329. The first kappa shape index (κ1) is 22.0. The highest BCUT2D eigenvalue weighted by Gasteiger charge is 2.12. The molecule has 0 unspecified atom stereocenters. The van der Waals surface area contributed by atoms with Gasteiger partial charge >= 0.3 is 0 Å². The molecule has 4 rings (SSSR count). The number of amides is 1. The number of nitrogens with one attached hydrogen (secondary N) is 2. The van der Waals surface area contributed by atoms with Crippen molar-refractivity contribution >= 4 is 51.6 Å². The number of oxazole rings is 1. The van der Waals surface area contributed by atoms with Crippen molar-refractivity contribution in [1.29, 1.82) is 0 Å². The number of hydrogen-bond donors (Lipinski definition) is 2. The molecule has 7 heteroatoms. The van der Waals surface area contributed by atoms with Gasteiger partial charge in [-0.3, -0.25) is 10.1 Å². The summed E-state index contributed by atoms with van der Waals surface area (Å²) in [5.74, 6) is 0.687. The van der Waals surface area contributed by atoms with E-state index in [0.717, 1.165) is 11.1 Å². The minimum Gasteiger partial charge on any atom is -0.436 e. The predicted octanol–water partition coefficient (Wildman–Crippen LogP) is 6.71. The van der Waals surface area contributed by atoms with Crippen LogP contribution in [0.4, 0.5) is 5.69 Å². The molecule has 0 aliphatic carbocycles. The smallest absolute Gasteiger partial charge is 0.257 e. The maximum absolute atomic E-state index is 12.4. The molecule has 0 fully saturated rings. The number of carbonyl (C=O) groups excluding carboxylic acids is 1. The zero-order valence-electron chi connectivity index (χ0n) is 17.9. The average molecular weight is 464 g/mol. The lowest BCUT2D eigenvalue weighted by Gasteiger charge is -2.10. The van der Waals surface area contributed by atoms with E-state index >= 15 is 0 Å². The van der Waals surface area contributed by atoms with E-state index in [9.17, 15) is 4.79 Å². The standard InChI is InChI=1S/C25H22ClN3O2S/c1-14(2)16-6-8-17(9-7-16)24-28-21-13-19(10-11-22(21)31-24)27-25(32)29-23(30)18-5-4-15(3)20(26)12-18/h4-14H,1-3H3,(H2,27,29,30,32). The van der Waals surface area contributed by atoms with Crippen LogP contribution in [0.2, 0.25) is 5.02 Å². The maximum Gasteiger partial charge on any atom is 0.257 e. The number of benzene rings is 3. The molecule has 0 saturated heterocycles. The van der Waals surface area contributed by atoms with Crippen LogP contribution in [0.5, 0.6) is 0 Å². The summed E-state index contributed by atoms with van der Waals surface area (Å²) in [5.41, 5.74) is 5.57. The van der Waals surface area contributed by atoms with Gasteiger partial charge in [-0.25, -0.2) is 4.98 Å². The van der Waals surface area contributed by atoms with Gasteiger partial charge in [-0.05, 0) is 78.7 Å². The number of hydrogen-bond acceptors (Lipinski definition) is 4. The van der Waals surface area contributed by atoms with Crippen molar-refractivity contribution in [1.82, 2.24) is 10.3 Å². The van der Waals surface area contributed by atoms with Crippen molar-refractivity contribution in [2.75, 3.05) is 5.32 Å². The largest absolute Gasteiger partial charge is 0.436 e. The Hall–Kier alpha value is -3.22. The minimum absolute atomic E-state index is 0.180. The van der Waals surface area contributed by atoms with Gasteiger partial charge in [0, 0.05) is 21.8 Å². The Labute approximate surface area is 196 Å². The first-order valence-corrected chi connectivity index (χ1v) is 11.0. The molecule has 0 atom stereocenters. The third-order valence-electron chi connectivity index (χ3n) is 5.13. The molecule has 1 heterocycles. The highest BCUT2D eigenvalue weighted by atomic mass is 35.5. The zero-order valence-corrected chi connectivity index (χ0v) is 19.5. The first-order valence-electron chi connectivity index (χ1n) is 10.2. The predicted molar refractivity (Wildman–Crippen MR) is 133 cm³/mol. The maximum atomic E-state index is 12.4. The summed E-state index contributed by atoms with van der Waals surface area (Å²) >= 11 is 11.4. The third-order valence-corrected chi connectivity index (χ3v) is 5.74. The SMILES string of the molecule is Cc1ccc(C(=O)NC(=S)Nc2ccc3oc(-c4ccc(C(C)C)cc4)nc3c2)cc1Cl. The molecule has 0 bridgehead atoms. The van der Waals surface area contributed by atoms with Crippen molar-refractivity contribution in [3.05, 3.63) is 82.4 Å². The molecule has 0 aliphatic rings. The lowest BCUT2D eigenvalue weighted by molar-refractivity contribution is 0.0977. The van der Waals surface area contributed by atoms with Crippen LogP contribution in [-0.4, -0.2) is 16.0 Å². The van der Waals surface area contributed by atoms with Crippen LogP contribution in [0, 0.1) is 6.92 Å². The molecule has 1 amide bonds. The number of thiocarbonyl (C=S) groups is 1. The molecule has 5 nitrogen and oxygen atoms in total. The molecule has 3 aromatic carbocycles. The molecule has 32 heavy (non-hydrogen) atoms. The highest BCUT2D eigenvalue weighted by Crippen LogP contribution is 2.27. The van der Waals surface area contributed by atoms with Crippen molar-refractivity contribution in [2.45, 2.75) is 26.7 Å². The van der Waals surface area contributed by atoms with Gasteiger partial charge in [-0.15, -0.1) is 0 Å². The molecule has 162 valence electrons. The molecular weight excluding hydrogens is 442 g/mol. The van der Waals surface area contributed by atoms with Gasteiger partial charge in [0.2, 0.25) is 5.89 Å². The van der Waals surface area contributed by atoms with Crippen molar-refractivity contribution in [3.63, 3.8) is 0 Å². The van der Waals surface area contributed by atoms with Crippen LogP contribution in [0.25, 0.3) is 22.6 Å². The van der Waals surface area contributed by atoms with Crippen molar-refractivity contribution < 1.29 is 9.21 Å². The fraction of sp³-hybridized carbons (Fsp3) is 0.160. The molecule has 0 radical (unpaired) electrons. The Morgan fingerprint density at radius 1 is 1.06 bits per heavy atom. The van der Waals surface area contributed by atoms with E-state index in [1.807, 2.05) is 37.3 Å². The summed E-state index contributed by atoms with van der Waals surface area (Å²) in [6.45, 7) is 6.19. The van der Waals surface area contributed by atoms with Gasteiger partial charge in [0.25, 0.3) is 5.91 Å². The van der Waals surface area contributed by atoms with E-state index in [0.29, 0.717) is 39.2 Å². The topological polar surface area (TPSA) is 67.2 Å². The van der Waals surface area contributed by atoms with Gasteiger partial charge in [0.1, 0.15) is 5.52 Å². The van der Waals surface area contributed by atoms with Crippen LogP contribution in [0.1, 0.15) is 41.3 Å². The minimum atomic E-state index is -0.334. The van der Waals surface area contributed by atoms with Crippen LogP contribution in [0.3, 0.4) is 0 Å². The molecule has 0 aliphatic heterocycles. The normalized spacial score (nSPS) is 11.0. The third kappa shape index (κ3) is 4.82. The van der Waals surface area contributed by atoms with Gasteiger partial charge in [0.15, 0.2) is 10.7 Å². The summed E-state index contributed by atoms with van der Waals surface area (Å²) in [6, 6.07) is 18.8. The van der Waals surface area contributed by atoms with E-state index in [4.69, 9.17) is 28.2 Å². The number of aromatic nitrogens is 1. The number of anilines is 1. The lowest BCUT2D eigenvalue weighted by atomic mass is 10.0. The second-order valence-electron chi connectivity index (χ2n) is 7.85. The molecular formula is C25H22ClN3O2S. The van der Waals surface area contributed by atoms with Gasteiger partial charge < -0.3 is 9.73 Å². The van der Waals surface area contributed by atoms with Crippen LogP contribution >= 0.6 is 23.8 Å². The first-order chi connectivity index (χ1) is 15.3. The number of halogens is 1. The summed E-state index contributed by atoms with van der Waals surface area (Å²) in [7, 11) is 0. The van der Waals surface area contributed by atoms with Crippen molar-refractivity contribution in [3.8, 4) is 11.5 Å². The molecule has 0 saturated carbocycles. The second-order valence-corrected chi connectivity index (χ2v) is 8.67. The summed E-state index contributed by atoms with van der Waals surface area (Å²) in [6.07, 6.45) is 0. The number of rotatable bonds is 4. The van der Waals surface area contributed by atoms with E-state index in [1.54, 1.807) is 18.2 Å². The van der Waals surface area contributed by atoms with Gasteiger partial charge in [-0.2, -0.15) is 0 Å². The summed E-state index contributed by atoms with van der Waals surface area (Å²) < 4.78 is 5.90. The van der Waals surface area contributed by atoms with Crippen LogP contribution in [-0.2, 0) is 0 Å². The molecule has 1 aromatic heterocycles. The van der Waals surface area contributed by atoms with Gasteiger partial charge in [0.05, 0.1) is 0 Å². The highest BCUT2D eigenvalue weighted by molar-refractivity contribution is 7.80. The number of aryl methyl sites for hydroxylation is 1. The second kappa shape index (κ2) is 9.10. The monoisotopic (exact) mass is 463 g/mol. The van der Waals surface area contributed by atoms with Crippen molar-refractivity contribution in [2.24, 2.45) is 0 Å². The Morgan fingerprint density at radius 2 is 1.81 bits per heavy atom. The number of nitrogens with zero attached hydrogens (tertiary/aromatic N) is 1. The Kier molecular flexibility index (Phi) is 6.26. The van der Waals surface area contributed by atoms with Crippen LogP contribution in [0.15, 0.2) is 65.1 Å². The lowest BCUT2D eigenvalue weighted by Crippen LogP contribution is -2.34. The average Bonchev–Trinajstić information content (AvgIpc) is 3.19. The molecule has 0 spiro atoms. The van der Waals surface area contributed by atoms with Crippen LogP contribution < -0.4 is 10.6 Å². The molecule has 2 N–H and O–H groups in total. The fourth-order valence-electron chi connectivity index (χ4n) is 3.21. The number of carbonyl (C=O) groups is 1. The zero-order chi connectivity index (χ0) is 22.8. The number of fused-ring (bicyclic) bond motifs is 1. The fourth-order valence-corrected chi connectivity index (χ4v) is 3.60. The Morgan fingerprint density at radius 3 is 2.50 bits per heavy atom. The summed E-state index contributed by atoms with van der Waals surface area (Å²) in [5, 5.41) is 6.39. The van der Waals surface area contributed by atoms with E-state index in [1.165, 1.54) is 5.56 Å². The Balaban J connectivity index is 1.47. The molecule has 4 aromatic rings. The van der Waals surface area contributed by atoms with Gasteiger partial charge in [-0.1, -0.05) is 43.6 Å². The van der Waals surface area contributed by atoms with E-state index < -0.39 is 0 Å². The van der Waals surface area contributed by atoms with E-state index in [2.05, 4.69) is 41.6 Å². The Bertz CT molecular complexity index is 1310.